The molecule has 7 N–H and O–H groups in total. The maximum atomic E-state index is 12.7. The molecule has 15 nitrogen and oxygen atoms in total. The Hall–Kier alpha value is -2.02. The van der Waals surface area contributed by atoms with Crippen LogP contribution in [-0.4, -0.2) is 142 Å². The Morgan fingerprint density at radius 1 is 0.627 bits per heavy atom. The van der Waals surface area contributed by atoms with Crippen LogP contribution < -0.4 is 0 Å². The van der Waals surface area contributed by atoms with E-state index in [9.17, 15) is 45.3 Å². The number of rotatable bonds is 25. The van der Waals surface area contributed by atoms with Gasteiger partial charge in [0.25, 0.3) is 0 Å². The van der Waals surface area contributed by atoms with E-state index >= 15 is 0 Å². The average molecular weight is 735 g/mol. The van der Waals surface area contributed by atoms with E-state index in [-0.39, 0.29) is 19.4 Å². The van der Waals surface area contributed by atoms with Gasteiger partial charge in [0.15, 0.2) is 18.7 Å². The minimum atomic E-state index is -1.76. The van der Waals surface area contributed by atoms with E-state index in [0.29, 0.717) is 12.8 Å². The van der Waals surface area contributed by atoms with Crippen LogP contribution in [0.5, 0.6) is 0 Å². The maximum Gasteiger partial charge on any atom is 0.306 e. The minimum absolute atomic E-state index is 0.147. The van der Waals surface area contributed by atoms with Gasteiger partial charge in [-0.15, -0.1) is 0 Å². The highest BCUT2D eigenvalue weighted by molar-refractivity contribution is 5.70. The van der Waals surface area contributed by atoms with Crippen LogP contribution in [0, 0.1) is 0 Å². The van der Waals surface area contributed by atoms with Gasteiger partial charge in [0.2, 0.25) is 0 Å². The van der Waals surface area contributed by atoms with Crippen molar-refractivity contribution in [3.05, 3.63) is 24.3 Å². The summed E-state index contributed by atoms with van der Waals surface area (Å²) in [6.45, 7) is 2.08. The second-order valence-corrected chi connectivity index (χ2v) is 13.1. The van der Waals surface area contributed by atoms with E-state index < -0.39 is 99.3 Å². The molecule has 0 aromatic carbocycles. The largest absolute Gasteiger partial charge is 0.462 e. The number of ether oxygens (including phenoxy) is 6. The highest BCUT2D eigenvalue weighted by atomic mass is 16.7. The van der Waals surface area contributed by atoms with E-state index in [2.05, 4.69) is 31.2 Å². The van der Waals surface area contributed by atoms with Crippen LogP contribution in [-0.2, 0) is 38.0 Å². The number of hydrogen-bond acceptors (Lipinski definition) is 15. The third kappa shape index (κ3) is 16.7. The van der Waals surface area contributed by atoms with Crippen LogP contribution in [0.4, 0.5) is 0 Å². The monoisotopic (exact) mass is 734 g/mol. The van der Waals surface area contributed by atoms with Crippen LogP contribution in [0.3, 0.4) is 0 Å². The molecule has 11 unspecified atom stereocenters. The minimum Gasteiger partial charge on any atom is -0.462 e. The zero-order valence-corrected chi connectivity index (χ0v) is 30.1. The summed E-state index contributed by atoms with van der Waals surface area (Å²) < 4.78 is 32.8. The Labute approximate surface area is 301 Å². The molecule has 2 aliphatic heterocycles. The molecule has 0 amide bonds. The van der Waals surface area contributed by atoms with Crippen molar-refractivity contribution < 1.29 is 73.8 Å². The summed E-state index contributed by atoms with van der Waals surface area (Å²) in [4.78, 5) is 24.7. The van der Waals surface area contributed by atoms with Gasteiger partial charge in [-0.1, -0.05) is 70.3 Å². The average Bonchev–Trinajstić information content (AvgIpc) is 3.11. The van der Waals surface area contributed by atoms with Crippen molar-refractivity contribution >= 4 is 11.9 Å². The summed E-state index contributed by atoms with van der Waals surface area (Å²) in [5, 5.41) is 71.1. The SMILES string of the molecule is CCCC/C=C\C/C=C\CCCCCCCC(=O)OC(COC(=O)CCC)COC1OC(COC2OC(CO)C(O)C(O)C2O)C(O)C(O)C1O. The molecule has 296 valence electrons. The number of aliphatic hydroxyl groups is 7. The molecule has 0 aliphatic carbocycles. The van der Waals surface area contributed by atoms with E-state index in [1.54, 1.807) is 0 Å². The molecule has 2 aliphatic rings. The molecule has 0 radical (unpaired) electrons. The Bertz CT molecular complexity index is 1010. The quantitative estimate of drug-likeness (QED) is 0.0398. The molecule has 0 aromatic heterocycles. The van der Waals surface area contributed by atoms with Crippen molar-refractivity contribution in [3.8, 4) is 0 Å². The molecule has 2 fully saturated rings. The summed E-state index contributed by atoms with van der Waals surface area (Å²) in [7, 11) is 0. The first-order valence-corrected chi connectivity index (χ1v) is 18.4. The van der Waals surface area contributed by atoms with Gasteiger partial charge in [-0.25, -0.2) is 0 Å². The number of carbonyl (C=O) groups is 2. The summed E-state index contributed by atoms with van der Waals surface area (Å²) in [5.74, 6) is -1.01. The Balaban J connectivity index is 1.82. The van der Waals surface area contributed by atoms with Crippen LogP contribution in [0.2, 0.25) is 0 Å². The molecule has 0 spiro atoms. The molecule has 2 heterocycles. The smallest absolute Gasteiger partial charge is 0.306 e. The molecular weight excluding hydrogens is 672 g/mol. The van der Waals surface area contributed by atoms with Gasteiger partial charge in [-0.2, -0.15) is 0 Å². The standard InChI is InChI=1S/C36H62O15/c1-3-5-6-7-8-9-10-11-12-13-14-15-16-17-19-28(39)49-24(21-46-27(38)18-4-2)22-47-35-34(45)32(43)30(41)26(51-35)23-48-36-33(44)31(42)29(40)25(20-37)50-36/h7-8,10-11,24-26,29-37,40-45H,3-6,9,12-23H2,1-2H3/b8-7-,11-10-. The highest BCUT2D eigenvalue weighted by Gasteiger charge is 2.47. The first-order valence-electron chi connectivity index (χ1n) is 18.4. The summed E-state index contributed by atoms with van der Waals surface area (Å²) in [6.07, 6.45) is 2.91. The maximum absolute atomic E-state index is 12.7. The van der Waals surface area contributed by atoms with Crippen molar-refractivity contribution in [1.82, 2.24) is 0 Å². The molecule has 0 saturated carbocycles. The fraction of sp³-hybridized carbons (Fsp3) is 0.833. The van der Waals surface area contributed by atoms with Crippen molar-refractivity contribution in [1.29, 1.82) is 0 Å². The third-order valence-electron chi connectivity index (χ3n) is 8.65. The van der Waals surface area contributed by atoms with E-state index in [0.717, 1.165) is 44.9 Å². The lowest BCUT2D eigenvalue weighted by Crippen LogP contribution is -2.61. The number of carbonyl (C=O) groups excluding carboxylic acids is 2. The normalized spacial score (nSPS) is 30.5. The summed E-state index contributed by atoms with van der Waals surface area (Å²) in [6, 6.07) is 0. The number of aliphatic hydroxyl groups excluding tert-OH is 7. The molecule has 2 saturated heterocycles. The molecular formula is C36H62O15. The van der Waals surface area contributed by atoms with Crippen molar-refractivity contribution in [2.75, 3.05) is 26.4 Å². The lowest BCUT2D eigenvalue weighted by atomic mass is 9.98. The lowest BCUT2D eigenvalue weighted by Gasteiger charge is -2.42. The topological polar surface area (TPSA) is 231 Å². The highest BCUT2D eigenvalue weighted by Crippen LogP contribution is 2.26. The van der Waals surface area contributed by atoms with Gasteiger partial charge in [-0.3, -0.25) is 9.59 Å². The van der Waals surface area contributed by atoms with Crippen molar-refractivity contribution in [2.45, 2.75) is 165 Å². The Kier molecular flexibility index (Phi) is 22.9. The third-order valence-corrected chi connectivity index (χ3v) is 8.65. The zero-order valence-electron chi connectivity index (χ0n) is 30.1. The second kappa shape index (κ2) is 25.9. The van der Waals surface area contributed by atoms with Gasteiger partial charge in [-0.05, 0) is 38.5 Å². The van der Waals surface area contributed by atoms with Crippen LogP contribution in [0.1, 0.15) is 97.3 Å². The van der Waals surface area contributed by atoms with Crippen LogP contribution in [0.15, 0.2) is 24.3 Å². The summed E-state index contributed by atoms with van der Waals surface area (Å²) in [5.41, 5.74) is 0. The van der Waals surface area contributed by atoms with Crippen LogP contribution in [0.25, 0.3) is 0 Å². The summed E-state index contributed by atoms with van der Waals surface area (Å²) >= 11 is 0. The fourth-order valence-electron chi connectivity index (χ4n) is 5.50. The number of allylic oxidation sites excluding steroid dienone is 4. The van der Waals surface area contributed by atoms with Crippen molar-refractivity contribution in [2.24, 2.45) is 0 Å². The van der Waals surface area contributed by atoms with Gasteiger partial charge in [0.1, 0.15) is 55.4 Å². The van der Waals surface area contributed by atoms with Gasteiger partial charge in [0.05, 0.1) is 19.8 Å². The van der Waals surface area contributed by atoms with E-state index in [4.69, 9.17) is 28.4 Å². The first-order chi connectivity index (χ1) is 24.5. The van der Waals surface area contributed by atoms with Gasteiger partial charge in [0, 0.05) is 12.8 Å². The number of hydrogen-bond donors (Lipinski definition) is 7. The lowest BCUT2D eigenvalue weighted by molar-refractivity contribution is -0.332. The Morgan fingerprint density at radius 3 is 1.86 bits per heavy atom. The van der Waals surface area contributed by atoms with Crippen LogP contribution >= 0.6 is 0 Å². The fourth-order valence-corrected chi connectivity index (χ4v) is 5.50. The number of unbranched alkanes of at least 4 members (excludes halogenated alkanes) is 7. The van der Waals surface area contributed by atoms with E-state index in [1.807, 2.05) is 6.92 Å². The van der Waals surface area contributed by atoms with Gasteiger partial charge >= 0.3 is 11.9 Å². The van der Waals surface area contributed by atoms with E-state index in [1.165, 1.54) is 12.8 Å². The molecule has 0 aromatic rings. The molecule has 2 rings (SSSR count). The molecule has 15 heteroatoms. The molecule has 51 heavy (non-hydrogen) atoms. The predicted octanol–water partition coefficient (Wildman–Crippen LogP) is 1.31. The Morgan fingerprint density at radius 2 is 1.22 bits per heavy atom. The first kappa shape index (κ1) is 45.1. The zero-order chi connectivity index (χ0) is 37.6. The molecule has 11 atom stereocenters. The van der Waals surface area contributed by atoms with Gasteiger partial charge < -0.3 is 64.2 Å². The predicted molar refractivity (Wildman–Crippen MR) is 183 cm³/mol. The molecule has 0 bridgehead atoms. The number of esters is 2. The second-order valence-electron chi connectivity index (χ2n) is 13.1. The van der Waals surface area contributed by atoms with Crippen molar-refractivity contribution in [3.63, 3.8) is 0 Å².